The lowest BCUT2D eigenvalue weighted by Gasteiger charge is -2.10. The number of ether oxygens (including phenoxy) is 1. The molecule has 0 saturated carbocycles. The number of carbonyl (C=O) groups excluding carboxylic acids is 1. The van der Waals surface area contributed by atoms with E-state index in [9.17, 15) is 4.79 Å². The number of pyridine rings is 1. The summed E-state index contributed by atoms with van der Waals surface area (Å²) in [6.07, 6.45) is 0. The van der Waals surface area contributed by atoms with E-state index >= 15 is 0 Å². The fraction of sp³-hybridized carbons (Fsp3) is 0.190. The fourth-order valence-corrected chi connectivity index (χ4v) is 4.17. The molecule has 5 nitrogen and oxygen atoms in total. The first-order valence-electron chi connectivity index (χ1n) is 8.62. The maximum atomic E-state index is 11.7. The molecule has 0 atom stereocenters. The van der Waals surface area contributed by atoms with Gasteiger partial charge in [0, 0.05) is 11.1 Å². The standard InChI is InChI=1S/C21H19N3O2S/c1-13-6-4-9-17-14(2)10-18-22-23-21(24(18)19(13)17)27-12-15-7-5-8-16(11-15)20(25)26-3/h4-11H,12H2,1-3H3. The van der Waals surface area contributed by atoms with Gasteiger partial charge in [0.2, 0.25) is 0 Å². The van der Waals surface area contributed by atoms with Crippen molar-refractivity contribution in [2.75, 3.05) is 7.11 Å². The number of aromatic nitrogens is 3. The molecule has 0 radical (unpaired) electrons. The zero-order valence-corrected chi connectivity index (χ0v) is 16.2. The molecule has 0 N–H and O–H groups in total. The van der Waals surface area contributed by atoms with Gasteiger partial charge >= 0.3 is 5.97 Å². The van der Waals surface area contributed by atoms with Crippen LogP contribution in [0.25, 0.3) is 16.6 Å². The quantitative estimate of drug-likeness (QED) is 0.385. The second kappa shape index (κ2) is 7.04. The lowest BCUT2D eigenvalue weighted by Crippen LogP contribution is -2.01. The highest BCUT2D eigenvalue weighted by Crippen LogP contribution is 2.29. The highest BCUT2D eigenvalue weighted by molar-refractivity contribution is 7.98. The van der Waals surface area contributed by atoms with Crippen molar-refractivity contribution in [1.82, 2.24) is 14.6 Å². The third-order valence-corrected chi connectivity index (χ3v) is 5.61. The van der Waals surface area contributed by atoms with Crippen molar-refractivity contribution in [3.63, 3.8) is 0 Å². The summed E-state index contributed by atoms with van der Waals surface area (Å²) in [5.41, 5.74) is 5.96. The number of nitrogens with zero attached hydrogens (tertiary/aromatic N) is 3. The number of thioether (sulfide) groups is 1. The Balaban J connectivity index is 1.72. The van der Waals surface area contributed by atoms with Crippen molar-refractivity contribution in [2.45, 2.75) is 24.8 Å². The largest absolute Gasteiger partial charge is 0.465 e. The topological polar surface area (TPSA) is 56.5 Å². The summed E-state index contributed by atoms with van der Waals surface area (Å²) in [7, 11) is 1.39. The number of benzene rings is 2. The van der Waals surface area contributed by atoms with Crippen LogP contribution < -0.4 is 0 Å². The lowest BCUT2D eigenvalue weighted by molar-refractivity contribution is 0.0600. The van der Waals surface area contributed by atoms with Gasteiger partial charge < -0.3 is 4.74 Å². The van der Waals surface area contributed by atoms with E-state index in [1.165, 1.54) is 23.6 Å². The molecule has 27 heavy (non-hydrogen) atoms. The third kappa shape index (κ3) is 3.17. The molecule has 0 aliphatic carbocycles. The molecule has 6 heteroatoms. The molecule has 4 rings (SSSR count). The van der Waals surface area contributed by atoms with Crippen LogP contribution in [0.2, 0.25) is 0 Å². The van der Waals surface area contributed by atoms with Gasteiger partial charge in [0.15, 0.2) is 10.8 Å². The predicted octanol–water partition coefficient (Wildman–Crippen LogP) is 4.58. The van der Waals surface area contributed by atoms with Gasteiger partial charge in [-0.05, 0) is 48.7 Å². The summed E-state index contributed by atoms with van der Waals surface area (Å²) in [5.74, 6) is 0.360. The molecule has 0 unspecified atom stereocenters. The lowest BCUT2D eigenvalue weighted by atomic mass is 10.1. The van der Waals surface area contributed by atoms with Crippen molar-refractivity contribution in [1.29, 1.82) is 0 Å². The second-order valence-corrected chi connectivity index (χ2v) is 7.40. The minimum atomic E-state index is -0.327. The van der Waals surface area contributed by atoms with Crippen molar-refractivity contribution in [2.24, 2.45) is 0 Å². The molecule has 0 aliphatic rings. The van der Waals surface area contributed by atoms with Crippen molar-refractivity contribution < 1.29 is 9.53 Å². The van der Waals surface area contributed by atoms with Crippen LogP contribution in [0.5, 0.6) is 0 Å². The van der Waals surface area contributed by atoms with E-state index in [0.717, 1.165) is 21.9 Å². The van der Waals surface area contributed by atoms with Crippen LogP contribution in [-0.2, 0) is 10.5 Å². The molecule has 2 heterocycles. The van der Waals surface area contributed by atoms with Crippen LogP contribution in [0.3, 0.4) is 0 Å². The average Bonchev–Trinajstić information content (AvgIpc) is 3.08. The maximum absolute atomic E-state index is 11.7. The van der Waals surface area contributed by atoms with Crippen LogP contribution in [0.1, 0.15) is 27.0 Å². The van der Waals surface area contributed by atoms with E-state index in [2.05, 4.69) is 52.7 Å². The molecule has 0 bridgehead atoms. The van der Waals surface area contributed by atoms with Crippen LogP contribution in [-0.4, -0.2) is 27.7 Å². The van der Waals surface area contributed by atoms with Gasteiger partial charge in [0.05, 0.1) is 18.2 Å². The maximum Gasteiger partial charge on any atom is 0.337 e. The summed E-state index contributed by atoms with van der Waals surface area (Å²) < 4.78 is 6.92. The van der Waals surface area contributed by atoms with E-state index in [4.69, 9.17) is 4.74 Å². The number of hydrogen-bond acceptors (Lipinski definition) is 5. The first-order valence-corrected chi connectivity index (χ1v) is 9.61. The minimum Gasteiger partial charge on any atom is -0.465 e. The molecule has 4 aromatic rings. The Hall–Kier alpha value is -2.86. The van der Waals surface area contributed by atoms with Gasteiger partial charge in [0.1, 0.15) is 0 Å². The molecule has 0 fully saturated rings. The first kappa shape index (κ1) is 17.5. The van der Waals surface area contributed by atoms with Gasteiger partial charge in [-0.25, -0.2) is 4.79 Å². The molecule has 2 aromatic carbocycles. The van der Waals surface area contributed by atoms with Gasteiger partial charge in [-0.2, -0.15) is 0 Å². The van der Waals surface area contributed by atoms with E-state index in [1.807, 2.05) is 18.2 Å². The molecule has 0 saturated heterocycles. The molecular formula is C21H19N3O2S. The Kier molecular flexibility index (Phi) is 4.58. The summed E-state index contributed by atoms with van der Waals surface area (Å²) in [6.45, 7) is 4.21. The van der Waals surface area contributed by atoms with E-state index in [1.54, 1.807) is 17.8 Å². The van der Waals surface area contributed by atoms with Crippen LogP contribution >= 0.6 is 11.8 Å². The van der Waals surface area contributed by atoms with Crippen LogP contribution in [0.15, 0.2) is 53.7 Å². The number of hydrogen-bond donors (Lipinski definition) is 0. The molecule has 0 aliphatic heterocycles. The number of methoxy groups -OCH3 is 1. The Labute approximate surface area is 161 Å². The summed E-state index contributed by atoms with van der Waals surface area (Å²) in [6, 6.07) is 15.9. The van der Waals surface area contributed by atoms with Gasteiger partial charge in [-0.15, -0.1) is 10.2 Å². The second-order valence-electron chi connectivity index (χ2n) is 6.46. The van der Waals surface area contributed by atoms with Gasteiger partial charge in [-0.1, -0.05) is 42.1 Å². The summed E-state index contributed by atoms with van der Waals surface area (Å²) in [5, 5.41) is 10.8. The zero-order chi connectivity index (χ0) is 19.0. The average molecular weight is 377 g/mol. The van der Waals surface area contributed by atoms with E-state index in [0.29, 0.717) is 11.3 Å². The summed E-state index contributed by atoms with van der Waals surface area (Å²) in [4.78, 5) is 11.7. The van der Waals surface area contributed by atoms with Gasteiger partial charge in [0.25, 0.3) is 0 Å². The Morgan fingerprint density at radius 3 is 2.70 bits per heavy atom. The highest BCUT2D eigenvalue weighted by Gasteiger charge is 2.13. The third-order valence-electron chi connectivity index (χ3n) is 4.61. The monoisotopic (exact) mass is 377 g/mol. The molecular weight excluding hydrogens is 358 g/mol. The fourth-order valence-electron chi connectivity index (χ4n) is 3.28. The molecule has 136 valence electrons. The normalized spacial score (nSPS) is 11.2. The predicted molar refractivity (Wildman–Crippen MR) is 107 cm³/mol. The number of rotatable bonds is 4. The first-order chi connectivity index (χ1) is 13.1. The van der Waals surface area contributed by atoms with E-state index < -0.39 is 0 Å². The minimum absolute atomic E-state index is 0.327. The smallest absolute Gasteiger partial charge is 0.337 e. The van der Waals surface area contributed by atoms with Crippen LogP contribution in [0, 0.1) is 13.8 Å². The summed E-state index contributed by atoms with van der Waals surface area (Å²) >= 11 is 1.60. The Morgan fingerprint density at radius 1 is 1.07 bits per heavy atom. The number of fused-ring (bicyclic) bond motifs is 3. The Bertz CT molecular complexity index is 1170. The van der Waals surface area contributed by atoms with Gasteiger partial charge in [-0.3, -0.25) is 4.40 Å². The number of carbonyl (C=O) groups is 1. The number of para-hydroxylation sites is 1. The van der Waals surface area contributed by atoms with Crippen LogP contribution in [0.4, 0.5) is 0 Å². The SMILES string of the molecule is COC(=O)c1cccc(CSc2nnc3cc(C)c4cccc(C)c4n23)c1. The number of esters is 1. The molecule has 0 spiro atoms. The van der Waals surface area contributed by atoms with E-state index in [-0.39, 0.29) is 5.97 Å². The molecule has 2 aromatic heterocycles. The van der Waals surface area contributed by atoms with Crippen molar-refractivity contribution >= 4 is 34.3 Å². The van der Waals surface area contributed by atoms with Crippen molar-refractivity contribution in [3.8, 4) is 0 Å². The number of aryl methyl sites for hydroxylation is 2. The molecule has 0 amide bonds. The Morgan fingerprint density at radius 2 is 1.89 bits per heavy atom. The zero-order valence-electron chi connectivity index (χ0n) is 15.4. The van der Waals surface area contributed by atoms with Crippen molar-refractivity contribution in [3.05, 3.63) is 70.8 Å². The highest BCUT2D eigenvalue weighted by atomic mass is 32.2.